The highest BCUT2D eigenvalue weighted by molar-refractivity contribution is 4.76. The molecular formula is C11H24N2O. The highest BCUT2D eigenvalue weighted by atomic mass is 16.3. The summed E-state index contributed by atoms with van der Waals surface area (Å²) in [5, 5.41) is 9.31. The smallest absolute Gasteiger partial charge is 0.0526 e. The molecule has 1 fully saturated rings. The summed E-state index contributed by atoms with van der Waals surface area (Å²) in [6, 6.07) is 0.522. The zero-order chi connectivity index (χ0) is 10.6. The molecule has 14 heavy (non-hydrogen) atoms. The van der Waals surface area contributed by atoms with Gasteiger partial charge in [0.1, 0.15) is 0 Å². The quantitative estimate of drug-likeness (QED) is 0.726. The largest absolute Gasteiger partial charge is 0.393 e. The van der Waals surface area contributed by atoms with E-state index in [1.165, 1.54) is 19.6 Å². The molecule has 1 N–H and O–H groups in total. The second kappa shape index (κ2) is 5.69. The Morgan fingerprint density at radius 2 is 1.71 bits per heavy atom. The van der Waals surface area contributed by atoms with Crippen LogP contribution in [0.4, 0.5) is 0 Å². The van der Waals surface area contributed by atoms with Gasteiger partial charge >= 0.3 is 0 Å². The van der Waals surface area contributed by atoms with E-state index >= 15 is 0 Å². The molecule has 0 saturated carbocycles. The van der Waals surface area contributed by atoms with Gasteiger partial charge in [-0.3, -0.25) is 4.90 Å². The Labute approximate surface area is 87.7 Å². The molecule has 84 valence electrons. The van der Waals surface area contributed by atoms with Crippen molar-refractivity contribution < 1.29 is 5.11 Å². The summed E-state index contributed by atoms with van der Waals surface area (Å²) in [6.45, 7) is 12.1. The fourth-order valence-electron chi connectivity index (χ4n) is 2.16. The van der Waals surface area contributed by atoms with E-state index in [4.69, 9.17) is 0 Å². The van der Waals surface area contributed by atoms with Crippen molar-refractivity contribution in [1.29, 1.82) is 0 Å². The Morgan fingerprint density at radius 3 is 2.14 bits per heavy atom. The Balaban J connectivity index is 2.26. The molecule has 2 atom stereocenters. The Morgan fingerprint density at radius 1 is 1.14 bits per heavy atom. The van der Waals surface area contributed by atoms with Crippen LogP contribution in [0, 0.1) is 0 Å². The minimum absolute atomic E-state index is 0.172. The van der Waals surface area contributed by atoms with Crippen LogP contribution in [0.3, 0.4) is 0 Å². The van der Waals surface area contributed by atoms with Crippen molar-refractivity contribution in [2.45, 2.75) is 39.3 Å². The molecule has 3 nitrogen and oxygen atoms in total. The van der Waals surface area contributed by atoms with Gasteiger partial charge in [0, 0.05) is 32.2 Å². The first-order valence-electron chi connectivity index (χ1n) is 5.78. The van der Waals surface area contributed by atoms with E-state index < -0.39 is 0 Å². The predicted molar refractivity (Wildman–Crippen MR) is 59.4 cm³/mol. The number of nitrogens with zero attached hydrogens (tertiary/aromatic N) is 2. The molecule has 0 aliphatic carbocycles. The summed E-state index contributed by atoms with van der Waals surface area (Å²) in [4.78, 5) is 4.96. The summed E-state index contributed by atoms with van der Waals surface area (Å²) < 4.78 is 0. The maximum atomic E-state index is 9.31. The minimum atomic E-state index is -0.172. The predicted octanol–water partition coefficient (Wildman–Crippen LogP) is 0.783. The molecule has 1 heterocycles. The van der Waals surface area contributed by atoms with Gasteiger partial charge in [0.25, 0.3) is 0 Å². The van der Waals surface area contributed by atoms with Crippen molar-refractivity contribution in [3.05, 3.63) is 0 Å². The van der Waals surface area contributed by atoms with E-state index in [-0.39, 0.29) is 6.10 Å². The molecule has 2 unspecified atom stereocenters. The number of rotatable bonds is 4. The third-order valence-electron chi connectivity index (χ3n) is 3.16. The molecule has 0 radical (unpaired) electrons. The average Bonchev–Trinajstić information content (AvgIpc) is 2.17. The second-order valence-electron chi connectivity index (χ2n) is 4.40. The van der Waals surface area contributed by atoms with Gasteiger partial charge < -0.3 is 10.0 Å². The number of hydrogen-bond donors (Lipinski definition) is 1. The van der Waals surface area contributed by atoms with E-state index in [1.54, 1.807) is 0 Å². The first-order chi connectivity index (χ1) is 6.63. The maximum Gasteiger partial charge on any atom is 0.0526 e. The van der Waals surface area contributed by atoms with E-state index in [2.05, 4.69) is 23.6 Å². The fourth-order valence-corrected chi connectivity index (χ4v) is 2.16. The number of aliphatic hydroxyl groups is 1. The summed E-state index contributed by atoms with van der Waals surface area (Å²) in [7, 11) is 0. The van der Waals surface area contributed by atoms with Gasteiger partial charge in [-0.25, -0.2) is 0 Å². The highest BCUT2D eigenvalue weighted by Crippen LogP contribution is 2.10. The van der Waals surface area contributed by atoms with Gasteiger partial charge in [-0.2, -0.15) is 0 Å². The van der Waals surface area contributed by atoms with Crippen LogP contribution < -0.4 is 0 Å². The van der Waals surface area contributed by atoms with Gasteiger partial charge in [0.15, 0.2) is 0 Å². The zero-order valence-electron chi connectivity index (χ0n) is 9.74. The molecule has 0 aromatic rings. The molecule has 3 heteroatoms. The lowest BCUT2D eigenvalue weighted by atomic mass is 10.1. The van der Waals surface area contributed by atoms with Crippen molar-refractivity contribution in [1.82, 2.24) is 9.80 Å². The second-order valence-corrected chi connectivity index (χ2v) is 4.40. The number of aliphatic hydroxyl groups excluding tert-OH is 1. The zero-order valence-corrected chi connectivity index (χ0v) is 9.74. The van der Waals surface area contributed by atoms with Gasteiger partial charge in [-0.15, -0.1) is 0 Å². The van der Waals surface area contributed by atoms with Crippen LogP contribution in [0.25, 0.3) is 0 Å². The van der Waals surface area contributed by atoms with Crippen LogP contribution in [0.2, 0.25) is 0 Å². The number of hydrogen-bond acceptors (Lipinski definition) is 3. The van der Waals surface area contributed by atoms with Gasteiger partial charge in [0.05, 0.1) is 6.10 Å². The topological polar surface area (TPSA) is 26.7 Å². The third-order valence-corrected chi connectivity index (χ3v) is 3.16. The average molecular weight is 200 g/mol. The molecule has 1 rings (SSSR count). The molecule has 0 amide bonds. The fraction of sp³-hybridized carbons (Fsp3) is 1.00. The van der Waals surface area contributed by atoms with Gasteiger partial charge in [-0.1, -0.05) is 6.92 Å². The van der Waals surface area contributed by atoms with Crippen molar-refractivity contribution in [2.24, 2.45) is 0 Å². The van der Waals surface area contributed by atoms with Crippen LogP contribution in [-0.2, 0) is 0 Å². The number of piperazine rings is 1. The van der Waals surface area contributed by atoms with E-state index in [1.807, 2.05) is 6.92 Å². The molecule has 1 aliphatic heterocycles. The number of likely N-dealkylation sites (N-methyl/N-ethyl adjacent to an activating group) is 1. The van der Waals surface area contributed by atoms with Crippen molar-refractivity contribution in [2.75, 3.05) is 32.7 Å². The highest BCUT2D eigenvalue weighted by Gasteiger charge is 2.20. The lowest BCUT2D eigenvalue weighted by molar-refractivity contribution is 0.0750. The molecule has 0 bridgehead atoms. The van der Waals surface area contributed by atoms with E-state index in [9.17, 15) is 5.11 Å². The molecule has 0 aromatic carbocycles. The van der Waals surface area contributed by atoms with Gasteiger partial charge in [0.2, 0.25) is 0 Å². The molecular weight excluding hydrogens is 176 g/mol. The molecule has 1 saturated heterocycles. The monoisotopic (exact) mass is 200 g/mol. The van der Waals surface area contributed by atoms with Crippen molar-refractivity contribution in [3.8, 4) is 0 Å². The standard InChI is InChI=1S/C11H24N2O/c1-4-12-5-7-13(8-6-12)10(2)9-11(3)14/h10-11,14H,4-9H2,1-3H3. The first kappa shape index (κ1) is 12.0. The maximum absolute atomic E-state index is 9.31. The summed E-state index contributed by atoms with van der Waals surface area (Å²) in [5.74, 6) is 0. The van der Waals surface area contributed by atoms with E-state index in [0.29, 0.717) is 6.04 Å². The SMILES string of the molecule is CCN1CCN(C(C)CC(C)O)CC1. The summed E-state index contributed by atoms with van der Waals surface area (Å²) in [5.41, 5.74) is 0. The van der Waals surface area contributed by atoms with Crippen LogP contribution in [0.1, 0.15) is 27.2 Å². The van der Waals surface area contributed by atoms with Crippen molar-refractivity contribution >= 4 is 0 Å². The Kier molecular flexibility index (Phi) is 4.85. The minimum Gasteiger partial charge on any atom is -0.393 e. The molecule has 0 spiro atoms. The van der Waals surface area contributed by atoms with Crippen LogP contribution in [0.5, 0.6) is 0 Å². The third kappa shape index (κ3) is 3.56. The van der Waals surface area contributed by atoms with Crippen LogP contribution >= 0.6 is 0 Å². The molecule has 1 aliphatic rings. The summed E-state index contributed by atoms with van der Waals surface area (Å²) in [6.07, 6.45) is 0.723. The molecule has 0 aromatic heterocycles. The van der Waals surface area contributed by atoms with Crippen LogP contribution in [-0.4, -0.2) is 59.8 Å². The lowest BCUT2D eigenvalue weighted by Gasteiger charge is -2.38. The summed E-state index contributed by atoms with van der Waals surface area (Å²) >= 11 is 0. The Hall–Kier alpha value is -0.120. The van der Waals surface area contributed by atoms with E-state index in [0.717, 1.165) is 19.5 Å². The first-order valence-corrected chi connectivity index (χ1v) is 5.78. The van der Waals surface area contributed by atoms with Crippen molar-refractivity contribution in [3.63, 3.8) is 0 Å². The van der Waals surface area contributed by atoms with Crippen LogP contribution in [0.15, 0.2) is 0 Å². The Bertz CT molecular complexity index is 153. The normalized spacial score (nSPS) is 24.9. The lowest BCUT2D eigenvalue weighted by Crippen LogP contribution is -2.49. The van der Waals surface area contributed by atoms with Gasteiger partial charge in [-0.05, 0) is 26.8 Å².